The molecule has 0 saturated carbocycles. The molecule has 0 radical (unpaired) electrons. The SMILES string of the molecule is CCC(Cl)CNS(=O)(=O)N1CCCC1. The molecule has 0 aliphatic carbocycles. The van der Waals surface area contributed by atoms with Crippen molar-refractivity contribution in [3.05, 3.63) is 0 Å². The van der Waals surface area contributed by atoms with Gasteiger partial charge in [0.05, 0.1) is 0 Å². The van der Waals surface area contributed by atoms with Crippen molar-refractivity contribution in [1.82, 2.24) is 9.03 Å². The summed E-state index contributed by atoms with van der Waals surface area (Å²) >= 11 is 5.83. The fourth-order valence-corrected chi connectivity index (χ4v) is 2.86. The molecule has 0 amide bonds. The maximum Gasteiger partial charge on any atom is 0.279 e. The second kappa shape index (κ2) is 5.30. The van der Waals surface area contributed by atoms with E-state index in [0.717, 1.165) is 19.3 Å². The Morgan fingerprint density at radius 2 is 2.00 bits per heavy atom. The van der Waals surface area contributed by atoms with Crippen molar-refractivity contribution >= 4 is 21.8 Å². The van der Waals surface area contributed by atoms with Gasteiger partial charge >= 0.3 is 0 Å². The lowest BCUT2D eigenvalue weighted by molar-refractivity contribution is 0.464. The molecule has 14 heavy (non-hydrogen) atoms. The maximum absolute atomic E-state index is 11.6. The first-order valence-electron chi connectivity index (χ1n) is 4.95. The molecule has 1 rings (SSSR count). The highest BCUT2D eigenvalue weighted by Crippen LogP contribution is 2.11. The summed E-state index contributed by atoms with van der Waals surface area (Å²) < 4.78 is 27.2. The molecule has 0 bridgehead atoms. The molecule has 0 aromatic heterocycles. The minimum Gasteiger partial charge on any atom is -0.201 e. The summed E-state index contributed by atoms with van der Waals surface area (Å²) in [6.07, 6.45) is 2.68. The van der Waals surface area contributed by atoms with E-state index >= 15 is 0 Å². The molecule has 0 aromatic rings. The van der Waals surface area contributed by atoms with Crippen LogP contribution in [0, 0.1) is 0 Å². The quantitative estimate of drug-likeness (QED) is 0.727. The summed E-state index contributed by atoms with van der Waals surface area (Å²) in [6, 6.07) is 0. The second-order valence-electron chi connectivity index (χ2n) is 3.47. The Labute approximate surface area is 90.8 Å². The van der Waals surface area contributed by atoms with Crippen LogP contribution in [-0.2, 0) is 10.2 Å². The molecule has 1 fully saturated rings. The first-order valence-corrected chi connectivity index (χ1v) is 6.82. The largest absolute Gasteiger partial charge is 0.279 e. The summed E-state index contributed by atoms with van der Waals surface area (Å²) in [5.74, 6) is 0. The molecule has 84 valence electrons. The molecule has 1 heterocycles. The Balaban J connectivity index is 2.41. The second-order valence-corrected chi connectivity index (χ2v) is 5.84. The lowest BCUT2D eigenvalue weighted by Crippen LogP contribution is -2.41. The standard InChI is InChI=1S/C8H17ClN2O2S/c1-2-8(9)7-10-14(12,13)11-5-3-4-6-11/h8,10H,2-7H2,1H3. The van der Waals surface area contributed by atoms with Crippen LogP contribution in [0.2, 0.25) is 0 Å². The van der Waals surface area contributed by atoms with Crippen LogP contribution < -0.4 is 4.72 Å². The average molecular weight is 241 g/mol. The van der Waals surface area contributed by atoms with E-state index in [2.05, 4.69) is 4.72 Å². The number of hydrogen-bond acceptors (Lipinski definition) is 2. The van der Waals surface area contributed by atoms with Crippen LogP contribution >= 0.6 is 11.6 Å². The van der Waals surface area contributed by atoms with E-state index in [-0.39, 0.29) is 5.38 Å². The van der Waals surface area contributed by atoms with Gasteiger partial charge in [0, 0.05) is 25.0 Å². The van der Waals surface area contributed by atoms with Crippen LogP contribution in [0.4, 0.5) is 0 Å². The van der Waals surface area contributed by atoms with E-state index in [9.17, 15) is 8.42 Å². The summed E-state index contributed by atoms with van der Waals surface area (Å²) in [5, 5.41) is -0.118. The van der Waals surface area contributed by atoms with Crippen molar-refractivity contribution in [3.8, 4) is 0 Å². The predicted octanol–water partition coefficient (Wildman–Crippen LogP) is 0.934. The van der Waals surface area contributed by atoms with Crippen LogP contribution in [0.5, 0.6) is 0 Å². The van der Waals surface area contributed by atoms with Crippen molar-refractivity contribution < 1.29 is 8.42 Å². The van der Waals surface area contributed by atoms with Gasteiger partial charge in [-0.2, -0.15) is 12.7 Å². The lowest BCUT2D eigenvalue weighted by Gasteiger charge is -2.17. The normalized spacial score (nSPS) is 21.3. The molecule has 1 aliphatic heterocycles. The van der Waals surface area contributed by atoms with E-state index in [4.69, 9.17) is 11.6 Å². The van der Waals surface area contributed by atoms with E-state index in [0.29, 0.717) is 19.6 Å². The lowest BCUT2D eigenvalue weighted by atomic mass is 10.3. The van der Waals surface area contributed by atoms with Crippen LogP contribution in [0.3, 0.4) is 0 Å². The molecule has 1 unspecified atom stereocenters. The van der Waals surface area contributed by atoms with Gasteiger partial charge in [-0.15, -0.1) is 11.6 Å². The van der Waals surface area contributed by atoms with E-state index < -0.39 is 10.2 Å². The third-order valence-electron chi connectivity index (χ3n) is 2.34. The molecule has 1 N–H and O–H groups in total. The highest BCUT2D eigenvalue weighted by atomic mass is 35.5. The first-order chi connectivity index (χ1) is 6.56. The highest BCUT2D eigenvalue weighted by molar-refractivity contribution is 7.87. The summed E-state index contributed by atoms with van der Waals surface area (Å²) in [4.78, 5) is 0. The average Bonchev–Trinajstić information content (AvgIpc) is 2.67. The van der Waals surface area contributed by atoms with Gasteiger partial charge in [0.1, 0.15) is 0 Å². The number of alkyl halides is 1. The van der Waals surface area contributed by atoms with Gasteiger partial charge in [0.25, 0.3) is 10.2 Å². The molecule has 0 spiro atoms. The number of hydrogen-bond donors (Lipinski definition) is 1. The van der Waals surface area contributed by atoms with Gasteiger partial charge < -0.3 is 0 Å². The van der Waals surface area contributed by atoms with Crippen LogP contribution in [-0.4, -0.2) is 37.7 Å². The van der Waals surface area contributed by atoms with Gasteiger partial charge in [-0.1, -0.05) is 6.92 Å². The number of nitrogens with one attached hydrogen (secondary N) is 1. The van der Waals surface area contributed by atoms with Gasteiger partial charge in [0.15, 0.2) is 0 Å². The third-order valence-corrected chi connectivity index (χ3v) is 4.37. The topological polar surface area (TPSA) is 49.4 Å². The third kappa shape index (κ3) is 3.38. The fourth-order valence-electron chi connectivity index (χ4n) is 1.36. The van der Waals surface area contributed by atoms with Crippen LogP contribution in [0.15, 0.2) is 0 Å². The van der Waals surface area contributed by atoms with Crippen LogP contribution in [0.1, 0.15) is 26.2 Å². The molecule has 6 heteroatoms. The predicted molar refractivity (Wildman–Crippen MR) is 57.7 cm³/mol. The summed E-state index contributed by atoms with van der Waals surface area (Å²) in [6.45, 7) is 3.52. The molecular formula is C8H17ClN2O2S. The van der Waals surface area contributed by atoms with Crippen molar-refractivity contribution in [3.63, 3.8) is 0 Å². The van der Waals surface area contributed by atoms with Crippen molar-refractivity contribution in [1.29, 1.82) is 0 Å². The Kier molecular flexibility index (Phi) is 4.63. The van der Waals surface area contributed by atoms with E-state index in [1.54, 1.807) is 0 Å². The summed E-state index contributed by atoms with van der Waals surface area (Å²) in [7, 11) is -3.27. The van der Waals surface area contributed by atoms with Crippen molar-refractivity contribution in [2.75, 3.05) is 19.6 Å². The summed E-state index contributed by atoms with van der Waals surface area (Å²) in [5.41, 5.74) is 0. The number of halogens is 1. The Morgan fingerprint density at radius 1 is 1.43 bits per heavy atom. The van der Waals surface area contributed by atoms with E-state index in [1.807, 2.05) is 6.92 Å². The van der Waals surface area contributed by atoms with Crippen LogP contribution in [0.25, 0.3) is 0 Å². The zero-order valence-electron chi connectivity index (χ0n) is 8.37. The Morgan fingerprint density at radius 3 is 2.50 bits per heavy atom. The maximum atomic E-state index is 11.6. The minimum absolute atomic E-state index is 0.118. The molecule has 4 nitrogen and oxygen atoms in total. The molecule has 1 saturated heterocycles. The zero-order chi connectivity index (χ0) is 10.6. The molecule has 0 aromatic carbocycles. The van der Waals surface area contributed by atoms with Gasteiger partial charge in [0.2, 0.25) is 0 Å². The monoisotopic (exact) mass is 240 g/mol. The Bertz CT molecular complexity index is 263. The van der Waals surface area contributed by atoms with Gasteiger partial charge in [-0.05, 0) is 19.3 Å². The Hall–Kier alpha value is 0.160. The minimum atomic E-state index is -3.27. The van der Waals surface area contributed by atoms with E-state index in [1.165, 1.54) is 4.31 Å². The first kappa shape index (κ1) is 12.2. The smallest absolute Gasteiger partial charge is 0.201 e. The molecule has 1 atom stereocenters. The van der Waals surface area contributed by atoms with Gasteiger partial charge in [-0.25, -0.2) is 4.72 Å². The number of nitrogens with zero attached hydrogens (tertiary/aromatic N) is 1. The van der Waals surface area contributed by atoms with Gasteiger partial charge in [-0.3, -0.25) is 0 Å². The molecule has 1 aliphatic rings. The number of rotatable bonds is 5. The molecular weight excluding hydrogens is 224 g/mol. The van der Waals surface area contributed by atoms with Crippen molar-refractivity contribution in [2.45, 2.75) is 31.6 Å². The fraction of sp³-hybridized carbons (Fsp3) is 1.00. The zero-order valence-corrected chi connectivity index (χ0v) is 9.94. The highest BCUT2D eigenvalue weighted by Gasteiger charge is 2.24. The van der Waals surface area contributed by atoms with Crippen molar-refractivity contribution in [2.24, 2.45) is 0 Å².